The number of rotatable bonds is 2. The number of nitrogens with zero attached hydrogens (tertiary/aromatic N) is 2. The summed E-state index contributed by atoms with van der Waals surface area (Å²) in [6, 6.07) is 4.58. The van der Waals surface area contributed by atoms with Crippen LogP contribution in [0.3, 0.4) is 0 Å². The van der Waals surface area contributed by atoms with Crippen molar-refractivity contribution in [2.24, 2.45) is 0 Å². The van der Waals surface area contributed by atoms with Crippen LogP contribution in [0.25, 0.3) is 10.9 Å². The lowest BCUT2D eigenvalue weighted by molar-refractivity contribution is 0.00360. The molecule has 2 heterocycles. The van der Waals surface area contributed by atoms with Gasteiger partial charge in [-0.05, 0) is 39.0 Å². The van der Waals surface area contributed by atoms with E-state index in [4.69, 9.17) is 4.74 Å². The molecule has 1 saturated heterocycles. The Hall–Kier alpha value is -2.41. The third-order valence-electron chi connectivity index (χ3n) is 4.32. The zero-order valence-electron chi connectivity index (χ0n) is 14.0. The van der Waals surface area contributed by atoms with Gasteiger partial charge in [0.2, 0.25) is 0 Å². The van der Waals surface area contributed by atoms with Gasteiger partial charge in [0, 0.05) is 18.2 Å². The summed E-state index contributed by atoms with van der Waals surface area (Å²) in [5, 5.41) is 0.398. The van der Waals surface area contributed by atoms with Crippen LogP contribution in [0.5, 0.6) is 0 Å². The van der Waals surface area contributed by atoms with Gasteiger partial charge >= 0.3 is 5.69 Å². The monoisotopic (exact) mass is 331 g/mol. The number of nitrogens with one attached hydrogen (secondary N) is 1. The highest BCUT2D eigenvalue weighted by atomic mass is 16.5. The van der Waals surface area contributed by atoms with E-state index < -0.39 is 5.69 Å². The number of H-pyrrole nitrogens is 1. The molecule has 1 unspecified atom stereocenters. The summed E-state index contributed by atoms with van der Waals surface area (Å²) in [6.07, 6.45) is 0. The minimum absolute atomic E-state index is 0.00469. The van der Waals surface area contributed by atoms with E-state index >= 15 is 0 Å². The first-order valence-corrected chi connectivity index (χ1v) is 8.07. The second-order valence-corrected chi connectivity index (χ2v) is 6.38. The van der Waals surface area contributed by atoms with Crippen molar-refractivity contribution < 1.29 is 9.53 Å². The predicted molar refractivity (Wildman–Crippen MR) is 90.5 cm³/mol. The zero-order chi connectivity index (χ0) is 17.4. The molecular weight excluding hydrogens is 310 g/mol. The van der Waals surface area contributed by atoms with Gasteiger partial charge in [0.25, 0.3) is 11.5 Å². The number of hydrogen-bond donors (Lipinski definition) is 1. The molecule has 7 nitrogen and oxygen atoms in total. The summed E-state index contributed by atoms with van der Waals surface area (Å²) >= 11 is 0. The maximum absolute atomic E-state index is 12.7. The van der Waals surface area contributed by atoms with Crippen LogP contribution in [0.2, 0.25) is 0 Å². The third kappa shape index (κ3) is 2.75. The van der Waals surface area contributed by atoms with Crippen molar-refractivity contribution in [3.8, 4) is 0 Å². The molecule has 1 atom stereocenters. The van der Waals surface area contributed by atoms with Gasteiger partial charge in [0.05, 0.1) is 30.2 Å². The van der Waals surface area contributed by atoms with Crippen LogP contribution in [-0.4, -0.2) is 46.2 Å². The molecule has 1 aliphatic rings. The molecule has 2 aromatic rings. The number of fused-ring (bicyclic) bond motifs is 1. The minimum Gasteiger partial charge on any atom is -0.377 e. The molecule has 3 rings (SSSR count). The summed E-state index contributed by atoms with van der Waals surface area (Å²) < 4.78 is 6.52. The van der Waals surface area contributed by atoms with E-state index in [2.05, 4.69) is 4.98 Å². The maximum atomic E-state index is 12.7. The van der Waals surface area contributed by atoms with Crippen molar-refractivity contribution in [3.05, 3.63) is 44.6 Å². The van der Waals surface area contributed by atoms with E-state index in [1.54, 1.807) is 36.9 Å². The Kier molecular flexibility index (Phi) is 4.28. The highest BCUT2D eigenvalue weighted by Gasteiger charge is 2.25. The number of carbonyl (C=O) groups excluding carboxylic acids is 1. The quantitative estimate of drug-likeness (QED) is 0.894. The lowest BCUT2D eigenvalue weighted by Gasteiger charge is -2.33. The lowest BCUT2D eigenvalue weighted by Crippen LogP contribution is -2.47. The molecule has 1 fully saturated rings. The summed E-state index contributed by atoms with van der Waals surface area (Å²) in [5.74, 6) is -0.124. The molecule has 128 valence electrons. The Bertz CT molecular complexity index is 897. The Morgan fingerprint density at radius 1 is 1.33 bits per heavy atom. The number of aromatic amines is 1. The lowest BCUT2D eigenvalue weighted by atomic mass is 10.1. The Morgan fingerprint density at radius 2 is 2.08 bits per heavy atom. The van der Waals surface area contributed by atoms with Gasteiger partial charge in [-0.1, -0.05) is 0 Å². The molecule has 1 aliphatic heterocycles. The molecule has 1 N–H and O–H groups in total. The summed E-state index contributed by atoms with van der Waals surface area (Å²) in [4.78, 5) is 41.7. The first-order valence-electron chi connectivity index (χ1n) is 8.07. The highest BCUT2D eigenvalue weighted by Crippen LogP contribution is 2.15. The predicted octanol–water partition coefficient (Wildman–Crippen LogP) is 1.13. The average Bonchev–Trinajstić information content (AvgIpc) is 2.53. The number of benzene rings is 1. The molecule has 0 spiro atoms. The van der Waals surface area contributed by atoms with Crippen molar-refractivity contribution in [2.75, 3.05) is 19.8 Å². The molecule has 1 amide bonds. The van der Waals surface area contributed by atoms with Crippen molar-refractivity contribution in [3.63, 3.8) is 0 Å². The van der Waals surface area contributed by atoms with Crippen LogP contribution in [0.1, 0.15) is 37.2 Å². The van der Waals surface area contributed by atoms with Gasteiger partial charge in [-0.3, -0.25) is 14.2 Å². The van der Waals surface area contributed by atoms with Gasteiger partial charge in [-0.2, -0.15) is 0 Å². The SMILES string of the molecule is CC1COCCN1C(=O)c1ccc2c(=O)n(C(C)C)c(=O)[nH]c2c1. The van der Waals surface area contributed by atoms with Crippen molar-refractivity contribution >= 4 is 16.8 Å². The number of carbonyl (C=O) groups is 1. The second-order valence-electron chi connectivity index (χ2n) is 6.38. The van der Waals surface area contributed by atoms with E-state index in [9.17, 15) is 14.4 Å². The zero-order valence-corrected chi connectivity index (χ0v) is 14.0. The Balaban J connectivity index is 2.06. The van der Waals surface area contributed by atoms with Crippen molar-refractivity contribution in [2.45, 2.75) is 32.9 Å². The maximum Gasteiger partial charge on any atom is 0.329 e. The smallest absolute Gasteiger partial charge is 0.329 e. The summed E-state index contributed by atoms with van der Waals surface area (Å²) in [5.41, 5.74) is 0.0246. The van der Waals surface area contributed by atoms with Gasteiger partial charge in [-0.15, -0.1) is 0 Å². The fraction of sp³-hybridized carbons (Fsp3) is 0.471. The fourth-order valence-electron chi connectivity index (χ4n) is 3.03. The molecule has 7 heteroatoms. The van der Waals surface area contributed by atoms with E-state index in [0.29, 0.717) is 36.2 Å². The van der Waals surface area contributed by atoms with Crippen LogP contribution in [-0.2, 0) is 4.74 Å². The molecule has 0 saturated carbocycles. The molecule has 1 aromatic heterocycles. The average molecular weight is 331 g/mol. The van der Waals surface area contributed by atoms with Crippen LogP contribution >= 0.6 is 0 Å². The molecule has 24 heavy (non-hydrogen) atoms. The van der Waals surface area contributed by atoms with Crippen molar-refractivity contribution in [1.82, 2.24) is 14.5 Å². The second kappa shape index (κ2) is 6.24. The number of morpholine rings is 1. The Labute approximate surface area is 138 Å². The van der Waals surface area contributed by atoms with Gasteiger partial charge in [0.1, 0.15) is 0 Å². The molecule has 0 bridgehead atoms. The normalized spacial score (nSPS) is 18.3. The van der Waals surface area contributed by atoms with Crippen LogP contribution in [0.15, 0.2) is 27.8 Å². The van der Waals surface area contributed by atoms with Crippen LogP contribution < -0.4 is 11.2 Å². The van der Waals surface area contributed by atoms with E-state index in [0.717, 1.165) is 0 Å². The summed E-state index contributed by atoms with van der Waals surface area (Å²) in [7, 11) is 0. The first kappa shape index (κ1) is 16.4. The molecule has 0 radical (unpaired) electrons. The Morgan fingerprint density at radius 3 is 2.75 bits per heavy atom. The third-order valence-corrected chi connectivity index (χ3v) is 4.32. The summed E-state index contributed by atoms with van der Waals surface area (Å²) in [6.45, 7) is 7.04. The minimum atomic E-state index is -0.466. The highest BCUT2D eigenvalue weighted by molar-refractivity contribution is 5.97. The largest absolute Gasteiger partial charge is 0.377 e. The van der Waals surface area contributed by atoms with Crippen LogP contribution in [0.4, 0.5) is 0 Å². The van der Waals surface area contributed by atoms with E-state index in [1.165, 1.54) is 4.57 Å². The number of ether oxygens (including phenoxy) is 1. The van der Waals surface area contributed by atoms with E-state index in [1.807, 2.05) is 6.92 Å². The van der Waals surface area contributed by atoms with Crippen molar-refractivity contribution in [1.29, 1.82) is 0 Å². The number of amides is 1. The van der Waals surface area contributed by atoms with Gasteiger partial charge in [-0.25, -0.2) is 4.79 Å². The molecular formula is C17H21N3O4. The first-order chi connectivity index (χ1) is 11.4. The van der Waals surface area contributed by atoms with E-state index in [-0.39, 0.29) is 23.6 Å². The van der Waals surface area contributed by atoms with Gasteiger partial charge in [0.15, 0.2) is 0 Å². The molecule has 0 aliphatic carbocycles. The molecule has 1 aromatic carbocycles. The van der Waals surface area contributed by atoms with Gasteiger partial charge < -0.3 is 14.6 Å². The topological polar surface area (TPSA) is 84.4 Å². The standard InChI is InChI=1S/C17H21N3O4/c1-10(2)20-16(22)13-5-4-12(8-14(13)18-17(20)23)15(21)19-6-7-24-9-11(19)3/h4-5,8,10-11H,6-7,9H2,1-3H3,(H,18,23). The number of aromatic nitrogens is 2. The van der Waals surface area contributed by atoms with Crippen LogP contribution in [0, 0.1) is 0 Å². The number of hydrogen-bond acceptors (Lipinski definition) is 4. The fourth-order valence-corrected chi connectivity index (χ4v) is 3.03.